The molecule has 0 spiro atoms. The number of nitrogens with one attached hydrogen (secondary N) is 3. The van der Waals surface area contributed by atoms with Gasteiger partial charge in [0.25, 0.3) is 0 Å². The highest BCUT2D eigenvalue weighted by atomic mass is 16.7. The number of unbranched alkanes of at least 4 members (excludes halogenated alkanes) is 5. The summed E-state index contributed by atoms with van der Waals surface area (Å²) in [7, 11) is 0. The van der Waals surface area contributed by atoms with Crippen molar-refractivity contribution in [3.8, 4) is 0 Å². The monoisotopic (exact) mass is 301 g/mol. The Hall–Kier alpha value is -1.14. The van der Waals surface area contributed by atoms with Gasteiger partial charge in [-0.15, -0.1) is 0 Å². The van der Waals surface area contributed by atoms with Crippen LogP contribution in [0.2, 0.25) is 0 Å². The molecule has 124 valence electrons. The predicted octanol–water partition coefficient (Wildman–Crippen LogP) is 1.51. The van der Waals surface area contributed by atoms with Crippen molar-refractivity contribution < 1.29 is 14.4 Å². The van der Waals surface area contributed by atoms with Gasteiger partial charge in [0, 0.05) is 6.54 Å². The molecular weight excluding hydrogens is 270 g/mol. The minimum absolute atomic E-state index is 0.269. The van der Waals surface area contributed by atoms with Crippen molar-refractivity contribution in [1.29, 1.82) is 0 Å². The van der Waals surface area contributed by atoms with E-state index in [0.717, 1.165) is 26.1 Å². The second-order valence-electron chi connectivity index (χ2n) is 5.08. The lowest BCUT2D eigenvalue weighted by atomic mass is 10.1. The van der Waals surface area contributed by atoms with Gasteiger partial charge < -0.3 is 15.5 Å². The summed E-state index contributed by atoms with van der Waals surface area (Å²) in [6, 6.07) is 0. The zero-order valence-corrected chi connectivity index (χ0v) is 13.3. The Bertz CT molecular complexity index is 250. The highest BCUT2D eigenvalue weighted by Crippen LogP contribution is 2.04. The molecule has 0 saturated heterocycles. The van der Waals surface area contributed by atoms with E-state index in [9.17, 15) is 9.59 Å². The predicted molar refractivity (Wildman–Crippen MR) is 83.6 cm³/mol. The van der Waals surface area contributed by atoms with Crippen LogP contribution in [0.4, 0.5) is 0 Å². The number of carbonyl (C=O) groups is 2. The summed E-state index contributed by atoms with van der Waals surface area (Å²) in [6.07, 6.45) is 9.34. The van der Waals surface area contributed by atoms with Gasteiger partial charge in [-0.1, -0.05) is 32.6 Å². The Morgan fingerprint density at radius 3 is 2.05 bits per heavy atom. The fraction of sp³-hybridized carbons (Fsp3) is 0.867. The standard InChI is InChI=1S/C15H31N3O3/c1-2-10-16-11-7-5-3-4-6-8-12-17-13-9-15(20)21-18-14-19/h14,16-17H,2-13H2,1H3,(H,18,19). The van der Waals surface area contributed by atoms with Crippen molar-refractivity contribution in [3.63, 3.8) is 0 Å². The molecule has 6 nitrogen and oxygen atoms in total. The van der Waals surface area contributed by atoms with E-state index in [4.69, 9.17) is 0 Å². The van der Waals surface area contributed by atoms with Gasteiger partial charge in [-0.2, -0.15) is 5.48 Å². The van der Waals surface area contributed by atoms with Crippen LogP contribution in [0.15, 0.2) is 0 Å². The van der Waals surface area contributed by atoms with Crippen LogP contribution in [0.5, 0.6) is 0 Å². The summed E-state index contributed by atoms with van der Waals surface area (Å²) in [4.78, 5) is 25.3. The zero-order chi connectivity index (χ0) is 15.6. The Balaban J connectivity index is 3.05. The third kappa shape index (κ3) is 16.8. The SMILES string of the molecule is CCCNCCCCCCCCNCCC(=O)ONC=O. The largest absolute Gasteiger partial charge is 0.341 e. The molecule has 0 saturated carbocycles. The van der Waals surface area contributed by atoms with Gasteiger partial charge in [-0.3, -0.25) is 4.79 Å². The molecule has 0 aromatic heterocycles. The molecule has 0 radical (unpaired) electrons. The topological polar surface area (TPSA) is 79.5 Å². The maximum atomic E-state index is 11.0. The van der Waals surface area contributed by atoms with E-state index in [1.807, 2.05) is 5.48 Å². The lowest BCUT2D eigenvalue weighted by Crippen LogP contribution is -2.24. The molecule has 0 unspecified atom stereocenters. The normalized spacial score (nSPS) is 10.3. The van der Waals surface area contributed by atoms with Crippen molar-refractivity contribution in [2.45, 2.75) is 58.3 Å². The number of hydrogen-bond donors (Lipinski definition) is 3. The number of hydroxylamine groups is 1. The smallest absolute Gasteiger partial charge is 0.333 e. The van der Waals surface area contributed by atoms with E-state index in [-0.39, 0.29) is 6.42 Å². The maximum absolute atomic E-state index is 11.0. The summed E-state index contributed by atoms with van der Waals surface area (Å²) in [5.41, 5.74) is 1.88. The average molecular weight is 301 g/mol. The van der Waals surface area contributed by atoms with Gasteiger partial charge in [0.15, 0.2) is 0 Å². The molecule has 0 rings (SSSR count). The lowest BCUT2D eigenvalue weighted by molar-refractivity contribution is -0.154. The van der Waals surface area contributed by atoms with Gasteiger partial charge in [-0.05, 0) is 38.9 Å². The molecule has 21 heavy (non-hydrogen) atoms. The molecule has 0 aromatic rings. The van der Waals surface area contributed by atoms with Gasteiger partial charge >= 0.3 is 5.97 Å². The fourth-order valence-electron chi connectivity index (χ4n) is 1.97. The van der Waals surface area contributed by atoms with Crippen molar-refractivity contribution in [3.05, 3.63) is 0 Å². The van der Waals surface area contributed by atoms with Crippen molar-refractivity contribution >= 4 is 12.4 Å². The molecule has 0 aromatic carbocycles. The second kappa shape index (κ2) is 16.9. The first kappa shape index (κ1) is 19.9. The molecule has 0 fully saturated rings. The summed E-state index contributed by atoms with van der Waals surface area (Å²) in [6.45, 7) is 5.97. The highest BCUT2D eigenvalue weighted by Gasteiger charge is 2.01. The van der Waals surface area contributed by atoms with Crippen LogP contribution in [0.3, 0.4) is 0 Å². The van der Waals surface area contributed by atoms with Gasteiger partial charge in [-0.25, -0.2) is 4.79 Å². The quantitative estimate of drug-likeness (QED) is 0.229. The first-order valence-electron chi connectivity index (χ1n) is 8.11. The van der Waals surface area contributed by atoms with E-state index in [1.54, 1.807) is 0 Å². The second-order valence-corrected chi connectivity index (χ2v) is 5.08. The molecule has 0 bridgehead atoms. The zero-order valence-electron chi connectivity index (χ0n) is 13.3. The Labute approximate surface area is 128 Å². The first-order valence-corrected chi connectivity index (χ1v) is 8.11. The average Bonchev–Trinajstić information content (AvgIpc) is 2.49. The minimum atomic E-state index is -0.425. The van der Waals surface area contributed by atoms with E-state index in [2.05, 4.69) is 22.4 Å². The van der Waals surface area contributed by atoms with Crippen LogP contribution in [-0.2, 0) is 14.4 Å². The first-order chi connectivity index (χ1) is 10.3. The number of carbonyl (C=O) groups excluding carboxylic acids is 2. The van der Waals surface area contributed by atoms with Crippen LogP contribution < -0.4 is 16.1 Å². The summed E-state index contributed by atoms with van der Waals surface area (Å²) in [5.74, 6) is -0.425. The number of amides is 1. The lowest BCUT2D eigenvalue weighted by Gasteiger charge is -2.05. The summed E-state index contributed by atoms with van der Waals surface area (Å²) in [5, 5.41) is 6.60. The third-order valence-corrected chi connectivity index (χ3v) is 3.11. The third-order valence-electron chi connectivity index (χ3n) is 3.11. The molecule has 6 heteroatoms. The number of hydrogen-bond acceptors (Lipinski definition) is 5. The molecule has 0 aliphatic heterocycles. The van der Waals surface area contributed by atoms with Crippen molar-refractivity contribution in [1.82, 2.24) is 16.1 Å². The Kier molecular flexibility index (Phi) is 16.0. The highest BCUT2D eigenvalue weighted by molar-refractivity contribution is 5.70. The van der Waals surface area contributed by atoms with Crippen molar-refractivity contribution in [2.24, 2.45) is 0 Å². The van der Waals surface area contributed by atoms with E-state index in [1.165, 1.54) is 38.5 Å². The Morgan fingerprint density at radius 1 is 0.905 bits per heavy atom. The van der Waals surface area contributed by atoms with Gasteiger partial charge in [0.1, 0.15) is 0 Å². The van der Waals surface area contributed by atoms with Gasteiger partial charge in [0.2, 0.25) is 6.41 Å². The van der Waals surface area contributed by atoms with Crippen LogP contribution in [0.1, 0.15) is 58.3 Å². The summed E-state index contributed by atoms with van der Waals surface area (Å²) < 4.78 is 0. The van der Waals surface area contributed by atoms with E-state index >= 15 is 0 Å². The molecule has 3 N–H and O–H groups in total. The fourth-order valence-corrected chi connectivity index (χ4v) is 1.97. The van der Waals surface area contributed by atoms with Crippen LogP contribution in [-0.4, -0.2) is 38.6 Å². The van der Waals surface area contributed by atoms with Crippen molar-refractivity contribution in [2.75, 3.05) is 26.2 Å². The minimum Gasteiger partial charge on any atom is -0.341 e. The maximum Gasteiger partial charge on any atom is 0.333 e. The molecule has 0 atom stereocenters. The Morgan fingerprint density at radius 2 is 1.48 bits per heavy atom. The molecule has 0 aliphatic rings. The van der Waals surface area contributed by atoms with Gasteiger partial charge in [0.05, 0.1) is 6.42 Å². The van der Waals surface area contributed by atoms with Crippen LogP contribution in [0, 0.1) is 0 Å². The van der Waals surface area contributed by atoms with E-state index in [0.29, 0.717) is 13.0 Å². The molecular formula is C15H31N3O3. The number of rotatable bonds is 16. The molecule has 0 heterocycles. The molecule has 0 aliphatic carbocycles. The van der Waals surface area contributed by atoms with E-state index < -0.39 is 5.97 Å². The van der Waals surface area contributed by atoms with Crippen LogP contribution in [0.25, 0.3) is 0 Å². The molecule has 1 amide bonds. The summed E-state index contributed by atoms with van der Waals surface area (Å²) >= 11 is 0. The van der Waals surface area contributed by atoms with Crippen LogP contribution >= 0.6 is 0 Å².